The topological polar surface area (TPSA) is 46.6 Å². The van der Waals surface area contributed by atoms with Gasteiger partial charge in [0.25, 0.3) is 0 Å². The minimum Gasteiger partial charge on any atom is -0.381 e. The molecule has 3 rings (SSSR count). The molecule has 2 unspecified atom stereocenters. The quantitative estimate of drug-likeness (QED) is 0.823. The van der Waals surface area contributed by atoms with Gasteiger partial charge in [-0.15, -0.1) is 0 Å². The SMILES string of the molecule is COC1CC2CCC(C1)N2S(=O)(=O)c1cc(C)c(Cl)cc1Cl. The molecule has 2 atom stereocenters. The first-order valence-corrected chi connectivity index (χ1v) is 9.56. The van der Waals surface area contributed by atoms with Gasteiger partial charge in [-0.05, 0) is 50.3 Å². The number of rotatable bonds is 3. The molecule has 1 aromatic rings. The van der Waals surface area contributed by atoms with Crippen LogP contribution >= 0.6 is 23.2 Å². The largest absolute Gasteiger partial charge is 0.381 e. The Hall–Kier alpha value is -0.330. The van der Waals surface area contributed by atoms with Gasteiger partial charge in [-0.1, -0.05) is 23.2 Å². The summed E-state index contributed by atoms with van der Waals surface area (Å²) in [7, 11) is -1.92. The first kappa shape index (κ1) is 16.5. The smallest absolute Gasteiger partial charge is 0.245 e. The van der Waals surface area contributed by atoms with E-state index >= 15 is 0 Å². The molecule has 0 aromatic heterocycles. The van der Waals surface area contributed by atoms with Crippen molar-refractivity contribution in [3.8, 4) is 0 Å². The van der Waals surface area contributed by atoms with Gasteiger partial charge in [-0.25, -0.2) is 8.42 Å². The Bertz CT molecular complexity index is 678. The van der Waals surface area contributed by atoms with Crippen LogP contribution in [0.25, 0.3) is 0 Å². The zero-order chi connectivity index (χ0) is 16.1. The van der Waals surface area contributed by atoms with Gasteiger partial charge in [0.15, 0.2) is 0 Å². The van der Waals surface area contributed by atoms with Crippen LogP contribution in [-0.4, -0.2) is 38.0 Å². The van der Waals surface area contributed by atoms with Gasteiger partial charge in [-0.3, -0.25) is 0 Å². The maximum Gasteiger partial charge on any atom is 0.245 e. The summed E-state index contributed by atoms with van der Waals surface area (Å²) < 4.78 is 33.3. The second-order valence-corrected chi connectivity index (χ2v) is 8.71. The number of benzene rings is 1. The molecule has 1 aromatic carbocycles. The molecular weight excluding hydrogens is 345 g/mol. The highest BCUT2D eigenvalue weighted by Gasteiger charge is 2.47. The molecule has 2 aliphatic heterocycles. The Morgan fingerprint density at radius 1 is 1.14 bits per heavy atom. The lowest BCUT2D eigenvalue weighted by atomic mass is 10.0. The minimum atomic E-state index is -3.61. The van der Waals surface area contributed by atoms with Crippen molar-refractivity contribution >= 4 is 33.2 Å². The first-order chi connectivity index (χ1) is 10.3. The van der Waals surface area contributed by atoms with Crippen LogP contribution < -0.4 is 0 Å². The fourth-order valence-electron chi connectivity index (χ4n) is 3.61. The summed E-state index contributed by atoms with van der Waals surface area (Å²) in [5, 5.41) is 0.661. The van der Waals surface area contributed by atoms with E-state index in [1.165, 1.54) is 6.07 Å². The zero-order valence-electron chi connectivity index (χ0n) is 12.6. The maximum atomic E-state index is 13.1. The molecule has 2 bridgehead atoms. The third kappa shape index (κ3) is 2.67. The Morgan fingerprint density at radius 2 is 1.73 bits per heavy atom. The Kier molecular flexibility index (Phi) is 4.47. The summed E-state index contributed by atoms with van der Waals surface area (Å²) in [4.78, 5) is 0.156. The molecule has 0 amide bonds. The normalized spacial score (nSPS) is 29.0. The highest BCUT2D eigenvalue weighted by atomic mass is 35.5. The molecule has 2 heterocycles. The van der Waals surface area contributed by atoms with Crippen molar-refractivity contribution in [3.05, 3.63) is 27.7 Å². The van der Waals surface area contributed by atoms with Crippen LogP contribution in [0.4, 0.5) is 0 Å². The van der Waals surface area contributed by atoms with Crippen LogP contribution in [0.15, 0.2) is 17.0 Å². The molecule has 0 radical (unpaired) electrons. The van der Waals surface area contributed by atoms with Gasteiger partial charge >= 0.3 is 0 Å². The van der Waals surface area contributed by atoms with Crippen molar-refractivity contribution in [2.75, 3.05) is 7.11 Å². The predicted octanol–water partition coefficient (Wildman–Crippen LogP) is 3.63. The molecule has 0 saturated carbocycles. The molecule has 2 aliphatic rings. The first-order valence-electron chi connectivity index (χ1n) is 7.36. The van der Waals surface area contributed by atoms with Crippen molar-refractivity contribution in [1.29, 1.82) is 0 Å². The number of hydrogen-bond donors (Lipinski definition) is 0. The van der Waals surface area contributed by atoms with Gasteiger partial charge in [0.2, 0.25) is 10.0 Å². The number of aryl methyl sites for hydroxylation is 1. The molecule has 0 spiro atoms. The molecule has 0 aliphatic carbocycles. The second-order valence-electron chi connectivity index (χ2n) is 6.08. The number of fused-ring (bicyclic) bond motifs is 2. The van der Waals surface area contributed by atoms with Crippen LogP contribution in [0.1, 0.15) is 31.2 Å². The van der Waals surface area contributed by atoms with Crippen LogP contribution in [0.2, 0.25) is 10.0 Å². The van der Waals surface area contributed by atoms with Gasteiger partial charge in [0.1, 0.15) is 4.90 Å². The van der Waals surface area contributed by atoms with Crippen molar-refractivity contribution in [2.45, 2.75) is 55.7 Å². The van der Waals surface area contributed by atoms with Crippen molar-refractivity contribution in [2.24, 2.45) is 0 Å². The fourth-order valence-corrected chi connectivity index (χ4v) is 6.31. The number of piperidine rings is 1. The molecule has 22 heavy (non-hydrogen) atoms. The lowest BCUT2D eigenvalue weighted by Gasteiger charge is -2.37. The van der Waals surface area contributed by atoms with Gasteiger partial charge in [0.05, 0.1) is 11.1 Å². The van der Waals surface area contributed by atoms with E-state index in [4.69, 9.17) is 27.9 Å². The summed E-state index contributed by atoms with van der Waals surface area (Å²) >= 11 is 12.2. The van der Waals surface area contributed by atoms with Gasteiger partial charge < -0.3 is 4.74 Å². The number of ether oxygens (including phenoxy) is 1. The highest BCUT2D eigenvalue weighted by molar-refractivity contribution is 7.89. The van der Waals surface area contributed by atoms with Crippen molar-refractivity contribution in [3.63, 3.8) is 0 Å². The monoisotopic (exact) mass is 363 g/mol. The lowest BCUT2D eigenvalue weighted by Crippen LogP contribution is -2.48. The maximum absolute atomic E-state index is 13.1. The van der Waals surface area contributed by atoms with Gasteiger partial charge in [-0.2, -0.15) is 4.31 Å². The van der Waals surface area contributed by atoms with Crippen LogP contribution in [0.5, 0.6) is 0 Å². The Labute approximate surface area is 141 Å². The Balaban J connectivity index is 2.00. The third-order valence-corrected chi connectivity index (χ3v) is 7.60. The summed E-state index contributed by atoms with van der Waals surface area (Å²) in [6.07, 6.45) is 3.40. The molecular formula is C15H19Cl2NO3S. The zero-order valence-corrected chi connectivity index (χ0v) is 14.9. The van der Waals surface area contributed by atoms with E-state index in [9.17, 15) is 8.42 Å². The molecule has 122 valence electrons. The number of nitrogens with zero attached hydrogens (tertiary/aromatic N) is 1. The van der Waals surface area contributed by atoms with E-state index in [0.717, 1.165) is 25.7 Å². The second kappa shape index (κ2) is 5.95. The van der Waals surface area contributed by atoms with Crippen LogP contribution in [-0.2, 0) is 14.8 Å². The summed E-state index contributed by atoms with van der Waals surface area (Å²) in [5.74, 6) is 0. The number of sulfonamides is 1. The standard InChI is InChI=1S/C15H19Cl2NO3S/c1-9-5-15(14(17)8-13(9)16)22(19,20)18-10-3-4-11(18)7-12(6-10)21-2/h5,8,10-12H,3-4,6-7H2,1-2H3. The van der Waals surface area contributed by atoms with E-state index < -0.39 is 10.0 Å². The fraction of sp³-hybridized carbons (Fsp3) is 0.600. The minimum absolute atomic E-state index is 0.000695. The van der Waals surface area contributed by atoms with E-state index in [2.05, 4.69) is 0 Å². The van der Waals surface area contributed by atoms with Gasteiger partial charge in [0, 0.05) is 24.2 Å². The summed E-state index contributed by atoms with van der Waals surface area (Å²) in [6.45, 7) is 1.78. The van der Waals surface area contributed by atoms with E-state index in [1.54, 1.807) is 24.4 Å². The van der Waals surface area contributed by atoms with Crippen molar-refractivity contribution in [1.82, 2.24) is 4.31 Å². The molecule has 7 heteroatoms. The summed E-state index contributed by atoms with van der Waals surface area (Å²) in [6, 6.07) is 3.08. The predicted molar refractivity (Wildman–Crippen MR) is 87.1 cm³/mol. The van der Waals surface area contributed by atoms with Crippen LogP contribution in [0, 0.1) is 6.92 Å². The van der Waals surface area contributed by atoms with Crippen LogP contribution in [0.3, 0.4) is 0 Å². The number of halogens is 2. The Morgan fingerprint density at radius 3 is 2.27 bits per heavy atom. The molecule has 2 saturated heterocycles. The van der Waals surface area contributed by atoms with E-state index in [0.29, 0.717) is 10.6 Å². The number of methoxy groups -OCH3 is 1. The molecule has 2 fully saturated rings. The molecule has 4 nitrogen and oxygen atoms in total. The van der Waals surface area contributed by atoms with E-state index in [1.807, 2.05) is 0 Å². The van der Waals surface area contributed by atoms with E-state index in [-0.39, 0.29) is 28.1 Å². The third-order valence-electron chi connectivity index (χ3n) is 4.72. The molecule has 0 N–H and O–H groups in total. The lowest BCUT2D eigenvalue weighted by molar-refractivity contribution is 0.0349. The number of hydrogen-bond acceptors (Lipinski definition) is 3. The average molecular weight is 364 g/mol. The average Bonchev–Trinajstić information content (AvgIpc) is 2.74. The summed E-state index contributed by atoms with van der Waals surface area (Å²) in [5.41, 5.74) is 0.712. The van der Waals surface area contributed by atoms with Crippen molar-refractivity contribution < 1.29 is 13.2 Å². The highest BCUT2D eigenvalue weighted by Crippen LogP contribution is 2.42.